The van der Waals surface area contributed by atoms with Gasteiger partial charge < -0.3 is 33.8 Å². The smallest absolute Gasteiger partial charge is 0.418 e. The number of alkyl halides is 4. The van der Waals surface area contributed by atoms with Crippen LogP contribution in [0.2, 0.25) is 0 Å². The molecule has 4 aromatic rings. The summed E-state index contributed by atoms with van der Waals surface area (Å²) in [5.41, 5.74) is -3.65. The maximum atomic E-state index is 14.7. The lowest BCUT2D eigenvalue weighted by atomic mass is 10.0. The largest absolute Gasteiger partial charge is 0.447 e. The van der Waals surface area contributed by atoms with E-state index in [-0.39, 0.29) is 58.9 Å². The van der Waals surface area contributed by atoms with Crippen molar-refractivity contribution in [3.63, 3.8) is 0 Å². The fourth-order valence-electron chi connectivity index (χ4n) is 4.34. The molecule has 0 bridgehead atoms. The Kier molecular flexibility index (Phi) is 7.63. The van der Waals surface area contributed by atoms with Gasteiger partial charge in [-0.05, 0) is 31.7 Å². The summed E-state index contributed by atoms with van der Waals surface area (Å²) >= 11 is -0.317. The number of carbonyl (C=O) groups excluding carboxylic acids is 1. The highest BCUT2D eigenvalue weighted by molar-refractivity contribution is 8.00. The summed E-state index contributed by atoms with van der Waals surface area (Å²) in [6, 6.07) is 4.53. The maximum absolute atomic E-state index is 14.7. The van der Waals surface area contributed by atoms with E-state index in [4.69, 9.17) is 8.94 Å². The number of amides is 1. The number of anilines is 2. The predicted molar refractivity (Wildman–Crippen MR) is 139 cm³/mol. The molecule has 1 amide bonds. The molecule has 1 aliphatic heterocycles. The number of aromatic nitrogens is 4. The van der Waals surface area contributed by atoms with Crippen molar-refractivity contribution >= 4 is 34.9 Å². The Morgan fingerprint density at radius 3 is 2.83 bits per heavy atom. The number of hydrogen-bond acceptors (Lipinski definition) is 10. The van der Waals surface area contributed by atoms with Crippen LogP contribution in [0.15, 0.2) is 44.6 Å². The normalized spacial score (nSPS) is 18.3. The number of thioether (sulfide) groups is 1. The number of hydrogen-bond donors (Lipinski definition) is 2. The van der Waals surface area contributed by atoms with E-state index >= 15 is 0 Å². The van der Waals surface area contributed by atoms with Crippen LogP contribution in [0.25, 0.3) is 16.9 Å². The van der Waals surface area contributed by atoms with Crippen molar-refractivity contribution in [2.24, 2.45) is 0 Å². The molecule has 5 rings (SSSR count). The van der Waals surface area contributed by atoms with Gasteiger partial charge in [0.25, 0.3) is 11.9 Å². The summed E-state index contributed by atoms with van der Waals surface area (Å²) in [5.74, 6) is -0.744. The lowest BCUT2D eigenvalue weighted by Crippen LogP contribution is -2.46. The topological polar surface area (TPSA) is 117 Å². The van der Waals surface area contributed by atoms with Crippen molar-refractivity contribution in [1.29, 1.82) is 0 Å². The van der Waals surface area contributed by atoms with E-state index in [9.17, 15) is 22.4 Å². The number of pyridine rings is 1. The number of rotatable bonds is 8. The molecular formula is C24H26F4N8O3S. The van der Waals surface area contributed by atoms with Crippen molar-refractivity contribution in [2.75, 3.05) is 44.4 Å². The van der Waals surface area contributed by atoms with Gasteiger partial charge in [0.05, 0.1) is 40.6 Å². The van der Waals surface area contributed by atoms with Gasteiger partial charge in [0, 0.05) is 45.1 Å². The van der Waals surface area contributed by atoms with Gasteiger partial charge in [0.2, 0.25) is 17.5 Å². The first-order valence-electron chi connectivity index (χ1n) is 12.2. The van der Waals surface area contributed by atoms with Crippen molar-refractivity contribution in [3.05, 3.63) is 42.2 Å². The SMILES string of the molecule is CN1CC[C@@H](Nc2cccn3c(SC(F)(F)F)c(-c4noc(CNC(=O)c5cnc(N(C)C)o5)n4)cc23)[C@@H](F)C1. The fraction of sp³-hybridized carbons (Fsp3) is 0.417. The van der Waals surface area contributed by atoms with Gasteiger partial charge in [-0.15, -0.1) is 0 Å². The zero-order chi connectivity index (χ0) is 28.6. The molecule has 2 N–H and O–H groups in total. The van der Waals surface area contributed by atoms with Crippen molar-refractivity contribution < 1.29 is 31.3 Å². The van der Waals surface area contributed by atoms with Crippen LogP contribution in [0.4, 0.5) is 29.3 Å². The molecule has 5 heterocycles. The summed E-state index contributed by atoms with van der Waals surface area (Å²) in [6.07, 6.45) is 2.15. The average molecular weight is 583 g/mol. The predicted octanol–water partition coefficient (Wildman–Crippen LogP) is 4.04. The van der Waals surface area contributed by atoms with Crippen molar-refractivity contribution in [3.8, 4) is 11.4 Å². The van der Waals surface area contributed by atoms with Gasteiger partial charge in [0.1, 0.15) is 6.17 Å². The van der Waals surface area contributed by atoms with Crippen LogP contribution < -0.4 is 15.5 Å². The molecule has 1 saturated heterocycles. The molecule has 214 valence electrons. The van der Waals surface area contributed by atoms with Gasteiger partial charge in [0.15, 0.2) is 0 Å². The number of nitrogens with one attached hydrogen (secondary N) is 2. The number of likely N-dealkylation sites (tertiary alicyclic amines) is 1. The number of carbonyl (C=O) groups is 1. The monoisotopic (exact) mass is 582 g/mol. The third kappa shape index (κ3) is 6.01. The van der Waals surface area contributed by atoms with E-state index in [2.05, 4.69) is 25.8 Å². The minimum Gasteiger partial charge on any atom is -0.418 e. The van der Waals surface area contributed by atoms with Crippen LogP contribution >= 0.6 is 11.8 Å². The number of fused-ring (bicyclic) bond motifs is 1. The van der Waals surface area contributed by atoms with Crippen LogP contribution in [-0.2, 0) is 6.54 Å². The minimum absolute atomic E-state index is 0.0288. The Hall–Kier alpha value is -3.79. The summed E-state index contributed by atoms with van der Waals surface area (Å²) in [7, 11) is 5.24. The van der Waals surface area contributed by atoms with Gasteiger partial charge >= 0.3 is 5.51 Å². The molecular weight excluding hydrogens is 556 g/mol. The van der Waals surface area contributed by atoms with E-state index in [1.807, 2.05) is 11.9 Å². The first-order chi connectivity index (χ1) is 19.0. The number of oxazole rings is 1. The highest BCUT2D eigenvalue weighted by Crippen LogP contribution is 2.43. The average Bonchev–Trinajstić information content (AvgIpc) is 3.63. The maximum Gasteiger partial charge on any atom is 0.447 e. The molecule has 4 aromatic heterocycles. The molecule has 0 unspecified atom stereocenters. The van der Waals surface area contributed by atoms with Gasteiger partial charge in [-0.2, -0.15) is 18.2 Å². The molecule has 0 aliphatic carbocycles. The lowest BCUT2D eigenvalue weighted by Gasteiger charge is -2.33. The van der Waals surface area contributed by atoms with Crippen LogP contribution in [0.1, 0.15) is 22.9 Å². The Morgan fingerprint density at radius 1 is 1.32 bits per heavy atom. The molecule has 40 heavy (non-hydrogen) atoms. The van der Waals surface area contributed by atoms with Crippen molar-refractivity contribution in [2.45, 2.75) is 35.7 Å². The molecule has 1 fully saturated rings. The zero-order valence-corrected chi connectivity index (χ0v) is 22.5. The van der Waals surface area contributed by atoms with Gasteiger partial charge in [-0.1, -0.05) is 5.16 Å². The minimum atomic E-state index is -4.60. The summed E-state index contributed by atoms with van der Waals surface area (Å²) in [6.45, 7) is 0.759. The quantitative estimate of drug-likeness (QED) is 0.233. The molecule has 1 aliphatic rings. The molecule has 11 nitrogen and oxygen atoms in total. The third-order valence-electron chi connectivity index (χ3n) is 6.27. The molecule has 0 spiro atoms. The number of piperidine rings is 1. The van der Waals surface area contributed by atoms with E-state index in [0.29, 0.717) is 24.2 Å². The summed E-state index contributed by atoms with van der Waals surface area (Å²) < 4.78 is 67.3. The number of halogens is 4. The van der Waals surface area contributed by atoms with E-state index < -0.39 is 23.6 Å². The lowest BCUT2D eigenvalue weighted by molar-refractivity contribution is -0.0329. The molecule has 0 saturated carbocycles. The van der Waals surface area contributed by atoms with Gasteiger partial charge in [-0.25, -0.2) is 9.37 Å². The first kappa shape index (κ1) is 27.8. The van der Waals surface area contributed by atoms with E-state index in [1.54, 1.807) is 31.1 Å². The Balaban J connectivity index is 1.40. The van der Waals surface area contributed by atoms with Gasteiger partial charge in [-0.3, -0.25) is 4.79 Å². The van der Waals surface area contributed by atoms with Crippen LogP contribution in [0.5, 0.6) is 0 Å². The Morgan fingerprint density at radius 2 is 2.12 bits per heavy atom. The second-order valence-electron chi connectivity index (χ2n) is 9.50. The Bertz CT molecular complexity index is 1500. The second-order valence-corrected chi connectivity index (χ2v) is 10.6. The Labute approximate surface area is 229 Å². The number of nitrogens with zero attached hydrogens (tertiary/aromatic N) is 6. The molecule has 2 atom stereocenters. The standard InChI is InChI=1S/C24H26F4N8O3S/c1-34(2)23-30-10-18(38-23)21(37)29-11-19-32-20(33-39-19)13-9-17-16(31-15-6-8-35(3)12-14(15)25)5-4-7-36(17)22(13)40-24(26,27)28/h4-5,7,9-10,14-15,31H,6,8,11-12H2,1-3H3,(H,29,37)/t14-,15+/m0/s1. The molecule has 0 radical (unpaired) electrons. The van der Waals surface area contributed by atoms with E-state index in [0.717, 1.165) is 0 Å². The van der Waals surface area contributed by atoms with E-state index in [1.165, 1.54) is 22.9 Å². The molecule has 16 heteroatoms. The zero-order valence-electron chi connectivity index (χ0n) is 21.7. The summed E-state index contributed by atoms with van der Waals surface area (Å²) in [4.78, 5) is 24.0. The second kappa shape index (κ2) is 11.0. The first-order valence-corrected chi connectivity index (χ1v) is 13.0. The molecule has 0 aromatic carbocycles. The highest BCUT2D eigenvalue weighted by atomic mass is 32.2. The van der Waals surface area contributed by atoms with Crippen LogP contribution in [0.3, 0.4) is 0 Å². The van der Waals surface area contributed by atoms with Crippen LogP contribution in [-0.4, -0.2) is 82.3 Å². The summed E-state index contributed by atoms with van der Waals surface area (Å²) in [5, 5.41) is 9.39. The highest BCUT2D eigenvalue weighted by Gasteiger charge is 2.34. The third-order valence-corrected chi connectivity index (χ3v) is 7.11. The fourth-order valence-corrected chi connectivity index (χ4v) is 5.08. The van der Waals surface area contributed by atoms with Crippen molar-refractivity contribution in [1.82, 2.24) is 29.7 Å². The van der Waals surface area contributed by atoms with Crippen LogP contribution in [0, 0.1) is 0 Å².